The van der Waals surface area contributed by atoms with Gasteiger partial charge in [-0.05, 0) is 31.5 Å². The van der Waals surface area contributed by atoms with E-state index in [1.54, 1.807) is 23.1 Å². The predicted octanol–water partition coefficient (Wildman–Crippen LogP) is 0.876. The number of nitrogens with zero attached hydrogens (tertiary/aromatic N) is 4. The Hall–Kier alpha value is -3.00. The molecule has 1 aliphatic rings. The van der Waals surface area contributed by atoms with Gasteiger partial charge in [0, 0.05) is 36.3 Å². The van der Waals surface area contributed by atoms with Crippen molar-refractivity contribution in [2.24, 2.45) is 0 Å². The third-order valence-electron chi connectivity index (χ3n) is 5.17. The van der Waals surface area contributed by atoms with Crippen LogP contribution >= 0.6 is 0 Å². The summed E-state index contributed by atoms with van der Waals surface area (Å²) in [5.41, 5.74) is 0.946. The van der Waals surface area contributed by atoms with Gasteiger partial charge in [-0.1, -0.05) is 18.2 Å². The Bertz CT molecular complexity index is 1020. The smallest absolute Gasteiger partial charge is 0.274 e. The van der Waals surface area contributed by atoms with Crippen molar-refractivity contribution in [3.8, 4) is 0 Å². The van der Waals surface area contributed by atoms with Gasteiger partial charge >= 0.3 is 0 Å². The van der Waals surface area contributed by atoms with Crippen molar-refractivity contribution in [1.29, 1.82) is 0 Å². The number of nitrogens with one attached hydrogen (secondary N) is 2. The van der Waals surface area contributed by atoms with Gasteiger partial charge in [0.15, 0.2) is 0 Å². The Balaban J connectivity index is 1.34. The molecule has 0 aliphatic carbocycles. The van der Waals surface area contributed by atoms with Crippen molar-refractivity contribution in [2.75, 3.05) is 19.6 Å². The number of piperidine rings is 1. The van der Waals surface area contributed by atoms with Gasteiger partial charge in [-0.2, -0.15) is 10.2 Å². The van der Waals surface area contributed by atoms with E-state index in [4.69, 9.17) is 0 Å². The highest BCUT2D eigenvalue weighted by molar-refractivity contribution is 5.80. The standard InChI is InChI=1S/C20H24N6O2/c27-19(14-26-18(7-9-23-26)16-5-3-8-21-12-16)22-10-11-25-20(28)17-6-2-1-4-15(17)13-24-25/h1-2,4,6-7,9,13,16,21H,3,5,8,10-12,14H2,(H,22,27)/t16-/m0/s1. The molecule has 4 rings (SSSR count). The van der Waals surface area contributed by atoms with E-state index in [1.807, 2.05) is 24.3 Å². The molecule has 2 aromatic heterocycles. The van der Waals surface area contributed by atoms with E-state index < -0.39 is 0 Å². The van der Waals surface area contributed by atoms with E-state index in [0.29, 0.717) is 24.4 Å². The van der Waals surface area contributed by atoms with E-state index in [9.17, 15) is 9.59 Å². The van der Waals surface area contributed by atoms with Gasteiger partial charge in [0.2, 0.25) is 5.91 Å². The number of hydrogen-bond acceptors (Lipinski definition) is 5. The Kier molecular flexibility index (Phi) is 5.48. The van der Waals surface area contributed by atoms with Crippen molar-refractivity contribution in [1.82, 2.24) is 30.2 Å². The molecule has 28 heavy (non-hydrogen) atoms. The van der Waals surface area contributed by atoms with Crippen LogP contribution in [0.1, 0.15) is 24.5 Å². The number of hydrogen-bond donors (Lipinski definition) is 2. The van der Waals surface area contributed by atoms with Crippen LogP contribution in [-0.4, -0.2) is 45.1 Å². The number of carbonyl (C=O) groups is 1. The number of fused-ring (bicyclic) bond motifs is 1. The zero-order chi connectivity index (χ0) is 19.3. The SMILES string of the molecule is O=C(Cn1nccc1[C@H]1CCCNC1)NCCn1ncc2ccccc2c1=O. The molecule has 1 atom stereocenters. The lowest BCUT2D eigenvalue weighted by Crippen LogP contribution is -2.35. The number of amides is 1. The summed E-state index contributed by atoms with van der Waals surface area (Å²) in [6.45, 7) is 2.82. The van der Waals surface area contributed by atoms with E-state index >= 15 is 0 Å². The van der Waals surface area contributed by atoms with Crippen LogP contribution in [0.15, 0.2) is 47.5 Å². The first-order valence-electron chi connectivity index (χ1n) is 9.66. The quantitative estimate of drug-likeness (QED) is 0.662. The molecular formula is C20H24N6O2. The predicted molar refractivity (Wildman–Crippen MR) is 106 cm³/mol. The van der Waals surface area contributed by atoms with Crippen LogP contribution in [0.25, 0.3) is 10.8 Å². The lowest BCUT2D eigenvalue weighted by molar-refractivity contribution is -0.121. The molecule has 0 radical (unpaired) electrons. The molecule has 0 spiro atoms. The van der Waals surface area contributed by atoms with Gasteiger partial charge < -0.3 is 10.6 Å². The highest BCUT2D eigenvalue weighted by Gasteiger charge is 2.19. The van der Waals surface area contributed by atoms with E-state index in [1.165, 1.54) is 4.68 Å². The van der Waals surface area contributed by atoms with Gasteiger partial charge in [-0.15, -0.1) is 0 Å². The summed E-state index contributed by atoms with van der Waals surface area (Å²) in [4.78, 5) is 24.8. The van der Waals surface area contributed by atoms with Crippen molar-refractivity contribution in [3.63, 3.8) is 0 Å². The summed E-state index contributed by atoms with van der Waals surface area (Å²) >= 11 is 0. The molecule has 1 saturated heterocycles. The Morgan fingerprint density at radius 2 is 2.11 bits per heavy atom. The van der Waals surface area contributed by atoms with Crippen LogP contribution in [-0.2, 0) is 17.9 Å². The minimum Gasteiger partial charge on any atom is -0.353 e. The fourth-order valence-electron chi connectivity index (χ4n) is 3.71. The molecule has 1 aliphatic heterocycles. The van der Waals surface area contributed by atoms with Gasteiger partial charge in [0.1, 0.15) is 6.54 Å². The zero-order valence-electron chi connectivity index (χ0n) is 15.7. The van der Waals surface area contributed by atoms with Crippen LogP contribution < -0.4 is 16.2 Å². The molecule has 146 valence electrons. The second-order valence-electron chi connectivity index (χ2n) is 7.07. The molecule has 8 heteroatoms. The maximum atomic E-state index is 12.4. The normalized spacial score (nSPS) is 16.9. The number of carbonyl (C=O) groups excluding carboxylic acids is 1. The molecule has 8 nitrogen and oxygen atoms in total. The summed E-state index contributed by atoms with van der Waals surface area (Å²) in [5.74, 6) is 0.270. The fraction of sp³-hybridized carbons (Fsp3) is 0.400. The Morgan fingerprint density at radius 3 is 2.96 bits per heavy atom. The lowest BCUT2D eigenvalue weighted by Gasteiger charge is -2.23. The molecule has 2 N–H and O–H groups in total. The van der Waals surface area contributed by atoms with Crippen molar-refractivity contribution >= 4 is 16.7 Å². The summed E-state index contributed by atoms with van der Waals surface area (Å²) in [6, 6.07) is 9.34. The third-order valence-corrected chi connectivity index (χ3v) is 5.17. The first-order chi connectivity index (χ1) is 13.7. The Labute approximate surface area is 162 Å². The molecule has 3 heterocycles. The average Bonchev–Trinajstić information content (AvgIpc) is 3.18. The molecule has 1 aromatic carbocycles. The molecule has 0 unspecified atom stereocenters. The van der Waals surface area contributed by atoms with Crippen LogP contribution in [0.3, 0.4) is 0 Å². The largest absolute Gasteiger partial charge is 0.353 e. The summed E-state index contributed by atoms with van der Waals surface area (Å²) < 4.78 is 3.16. The van der Waals surface area contributed by atoms with Crippen LogP contribution in [0.4, 0.5) is 0 Å². The van der Waals surface area contributed by atoms with Gasteiger partial charge in [-0.25, -0.2) is 4.68 Å². The molecular weight excluding hydrogens is 356 g/mol. The van der Waals surface area contributed by atoms with Crippen molar-refractivity contribution in [3.05, 3.63) is 58.8 Å². The van der Waals surface area contributed by atoms with E-state index in [2.05, 4.69) is 20.8 Å². The monoisotopic (exact) mass is 380 g/mol. The summed E-state index contributed by atoms with van der Waals surface area (Å²) in [7, 11) is 0. The highest BCUT2D eigenvalue weighted by atomic mass is 16.2. The van der Waals surface area contributed by atoms with Crippen LogP contribution in [0.5, 0.6) is 0 Å². The number of aromatic nitrogens is 4. The molecule has 1 fully saturated rings. The lowest BCUT2D eigenvalue weighted by atomic mass is 9.96. The minimum atomic E-state index is -0.147. The molecule has 3 aromatic rings. The Morgan fingerprint density at radius 1 is 1.21 bits per heavy atom. The third kappa shape index (κ3) is 3.96. The second-order valence-corrected chi connectivity index (χ2v) is 7.07. The average molecular weight is 380 g/mol. The molecule has 1 amide bonds. The van der Waals surface area contributed by atoms with Crippen LogP contribution in [0, 0.1) is 0 Å². The first-order valence-corrected chi connectivity index (χ1v) is 9.66. The second kappa shape index (κ2) is 8.35. The summed E-state index contributed by atoms with van der Waals surface area (Å²) in [5, 5.41) is 16.2. The minimum absolute atomic E-state index is 0.123. The molecule has 0 saturated carbocycles. The zero-order valence-corrected chi connectivity index (χ0v) is 15.7. The maximum absolute atomic E-state index is 12.4. The van der Waals surface area contributed by atoms with Gasteiger partial charge in [0.25, 0.3) is 5.56 Å². The highest BCUT2D eigenvalue weighted by Crippen LogP contribution is 2.22. The number of benzene rings is 1. The van der Waals surface area contributed by atoms with E-state index in [0.717, 1.165) is 37.0 Å². The molecule has 0 bridgehead atoms. The van der Waals surface area contributed by atoms with Gasteiger partial charge in [-0.3, -0.25) is 14.3 Å². The van der Waals surface area contributed by atoms with Crippen molar-refractivity contribution in [2.45, 2.75) is 31.8 Å². The fourth-order valence-corrected chi connectivity index (χ4v) is 3.71. The first kappa shape index (κ1) is 18.4. The topological polar surface area (TPSA) is 93.8 Å². The van der Waals surface area contributed by atoms with Crippen molar-refractivity contribution < 1.29 is 4.79 Å². The number of rotatable bonds is 6. The van der Waals surface area contributed by atoms with Crippen LogP contribution in [0.2, 0.25) is 0 Å². The van der Waals surface area contributed by atoms with E-state index in [-0.39, 0.29) is 18.0 Å². The van der Waals surface area contributed by atoms with Gasteiger partial charge in [0.05, 0.1) is 18.1 Å². The summed E-state index contributed by atoms with van der Waals surface area (Å²) in [6.07, 6.45) is 5.66. The maximum Gasteiger partial charge on any atom is 0.274 e.